The Labute approximate surface area is 194 Å². The number of hydrogen-bond donors (Lipinski definition) is 1. The molecule has 5 atom stereocenters. The minimum absolute atomic E-state index is 0.00274. The topological polar surface area (TPSA) is 85.8 Å². The fraction of sp³-hybridized carbons (Fsp3) is 0.360. The number of benzene rings is 2. The third-order valence-corrected chi connectivity index (χ3v) is 7.41. The monoisotopic (exact) mass is 463 g/mol. The number of nitrogens with zero attached hydrogens (tertiary/aromatic N) is 4. The van der Waals surface area contributed by atoms with Gasteiger partial charge in [0.1, 0.15) is 0 Å². The lowest BCUT2D eigenvalue weighted by molar-refractivity contribution is -0.120. The molecule has 1 amide bonds. The van der Waals surface area contributed by atoms with Gasteiger partial charge < -0.3 is 14.3 Å². The van der Waals surface area contributed by atoms with Crippen molar-refractivity contribution in [2.24, 2.45) is 23.7 Å². The Morgan fingerprint density at radius 3 is 2.50 bits per heavy atom. The second-order valence-corrected chi connectivity index (χ2v) is 9.42. The minimum Gasteiger partial charge on any atom is -0.421 e. The highest BCUT2D eigenvalue weighted by atomic mass is 19.2. The number of aryl methyl sites for hydroxylation is 1. The molecule has 2 aromatic carbocycles. The third kappa shape index (κ3) is 3.46. The number of halogens is 2. The summed E-state index contributed by atoms with van der Waals surface area (Å²) in [4.78, 5) is 17.1. The lowest BCUT2D eigenvalue weighted by atomic mass is 9.96. The van der Waals surface area contributed by atoms with Crippen molar-refractivity contribution in [3.8, 4) is 11.5 Å². The zero-order chi connectivity index (χ0) is 23.6. The molecule has 0 spiro atoms. The van der Waals surface area contributed by atoms with Gasteiger partial charge in [-0.1, -0.05) is 6.92 Å². The molecule has 174 valence electrons. The van der Waals surface area contributed by atoms with Gasteiger partial charge in [0.25, 0.3) is 0 Å². The first-order valence-electron chi connectivity index (χ1n) is 11.4. The van der Waals surface area contributed by atoms with Gasteiger partial charge in [0, 0.05) is 42.3 Å². The SMILES string of the molecule is Cc1nnc(-c2ccc(NC(=O)[C@@H](C)[C@@H]3[C@@H]4CC(n5cnc6cc(F)c(F)cc65)C[C@@H]43)cc2)o1. The number of fused-ring (bicyclic) bond motifs is 2. The van der Waals surface area contributed by atoms with Crippen molar-refractivity contribution in [2.75, 3.05) is 5.32 Å². The highest BCUT2D eigenvalue weighted by molar-refractivity contribution is 5.93. The number of aromatic nitrogens is 4. The molecule has 2 fully saturated rings. The summed E-state index contributed by atoms with van der Waals surface area (Å²) in [5, 5.41) is 10.8. The second kappa shape index (κ2) is 7.72. The zero-order valence-corrected chi connectivity index (χ0v) is 18.7. The van der Waals surface area contributed by atoms with E-state index in [1.165, 1.54) is 6.07 Å². The minimum atomic E-state index is -0.883. The van der Waals surface area contributed by atoms with Crippen molar-refractivity contribution in [1.82, 2.24) is 19.7 Å². The molecule has 7 nitrogen and oxygen atoms in total. The number of carbonyl (C=O) groups excluding carboxylic acids is 1. The van der Waals surface area contributed by atoms with Crippen LogP contribution in [0.25, 0.3) is 22.5 Å². The fourth-order valence-corrected chi connectivity index (χ4v) is 5.69. The van der Waals surface area contributed by atoms with E-state index in [-0.39, 0.29) is 17.9 Å². The van der Waals surface area contributed by atoms with Crippen LogP contribution >= 0.6 is 0 Å². The first kappa shape index (κ1) is 20.9. The van der Waals surface area contributed by atoms with Gasteiger partial charge in [0.15, 0.2) is 11.6 Å². The molecule has 6 rings (SSSR count). The van der Waals surface area contributed by atoms with Crippen LogP contribution in [0.3, 0.4) is 0 Å². The second-order valence-electron chi connectivity index (χ2n) is 9.42. The lowest BCUT2D eigenvalue weighted by Crippen LogP contribution is -2.24. The maximum Gasteiger partial charge on any atom is 0.247 e. The molecule has 0 saturated heterocycles. The largest absolute Gasteiger partial charge is 0.421 e. The van der Waals surface area contributed by atoms with Crippen molar-refractivity contribution in [3.05, 3.63) is 60.3 Å². The normalized spacial score (nSPS) is 24.2. The average molecular weight is 463 g/mol. The number of hydrogen-bond acceptors (Lipinski definition) is 5. The maximum absolute atomic E-state index is 13.8. The highest BCUT2D eigenvalue weighted by Gasteiger charge is 2.59. The van der Waals surface area contributed by atoms with Crippen molar-refractivity contribution in [2.45, 2.75) is 32.7 Å². The molecule has 2 aliphatic carbocycles. The summed E-state index contributed by atoms with van der Waals surface area (Å²) in [5.41, 5.74) is 2.60. The Morgan fingerprint density at radius 2 is 1.82 bits per heavy atom. The van der Waals surface area contributed by atoms with Gasteiger partial charge in [-0.25, -0.2) is 13.8 Å². The van der Waals surface area contributed by atoms with E-state index in [0.717, 1.165) is 30.2 Å². The molecule has 2 aromatic heterocycles. The number of rotatable bonds is 5. The highest BCUT2D eigenvalue weighted by Crippen LogP contribution is 2.64. The molecular formula is C25H23F2N5O2. The van der Waals surface area contributed by atoms with Crippen LogP contribution in [0.15, 0.2) is 47.1 Å². The van der Waals surface area contributed by atoms with E-state index in [9.17, 15) is 13.6 Å². The number of amides is 1. The number of anilines is 1. The standard InChI is InChI=1S/C25H23F2N5O2/c1-12(24(33)29-15-5-3-14(4-6-15)25-31-30-13(2)34-25)23-17-7-16(8-18(17)23)32-11-28-21-9-19(26)20(27)10-22(21)32/h3-6,9-12,16-18,23H,7-8H2,1-2H3,(H,29,33)/t12-,16?,17-,18+,23-/m0/s1. The van der Waals surface area contributed by atoms with Crippen LogP contribution in [0.1, 0.15) is 31.7 Å². The van der Waals surface area contributed by atoms with Gasteiger partial charge in [-0.05, 0) is 54.9 Å². The molecule has 0 radical (unpaired) electrons. The van der Waals surface area contributed by atoms with Crippen LogP contribution < -0.4 is 5.32 Å². The summed E-state index contributed by atoms with van der Waals surface area (Å²) in [6, 6.07) is 9.89. The molecule has 0 bridgehead atoms. The van der Waals surface area contributed by atoms with E-state index in [2.05, 4.69) is 20.5 Å². The fourth-order valence-electron chi connectivity index (χ4n) is 5.69. The van der Waals surface area contributed by atoms with Crippen LogP contribution in [-0.2, 0) is 4.79 Å². The van der Waals surface area contributed by atoms with Crippen molar-refractivity contribution >= 4 is 22.6 Å². The summed E-state index contributed by atoms with van der Waals surface area (Å²) in [5.74, 6) is 0.341. The van der Waals surface area contributed by atoms with Gasteiger partial charge in [-0.3, -0.25) is 4.79 Å². The quantitative estimate of drug-likeness (QED) is 0.443. The summed E-state index contributed by atoms with van der Waals surface area (Å²) in [6.45, 7) is 3.72. The first-order chi connectivity index (χ1) is 16.4. The molecule has 2 aliphatic rings. The summed E-state index contributed by atoms with van der Waals surface area (Å²) >= 11 is 0. The average Bonchev–Trinajstić information content (AvgIpc) is 3.21. The Morgan fingerprint density at radius 1 is 1.12 bits per heavy atom. The summed E-state index contributed by atoms with van der Waals surface area (Å²) in [6.07, 6.45) is 3.49. The van der Waals surface area contributed by atoms with E-state index in [1.54, 1.807) is 13.3 Å². The summed E-state index contributed by atoms with van der Waals surface area (Å²) in [7, 11) is 0. The molecular weight excluding hydrogens is 440 g/mol. The lowest BCUT2D eigenvalue weighted by Gasteiger charge is -2.20. The van der Waals surface area contributed by atoms with Crippen LogP contribution in [0.4, 0.5) is 14.5 Å². The van der Waals surface area contributed by atoms with Crippen molar-refractivity contribution < 1.29 is 18.0 Å². The molecule has 1 unspecified atom stereocenters. The molecule has 4 aromatic rings. The van der Waals surface area contributed by atoms with E-state index in [4.69, 9.17) is 4.42 Å². The van der Waals surface area contributed by atoms with Gasteiger partial charge in [0.2, 0.25) is 17.7 Å². The zero-order valence-electron chi connectivity index (χ0n) is 18.7. The number of imidazole rings is 1. The van der Waals surface area contributed by atoms with Crippen molar-refractivity contribution in [1.29, 1.82) is 0 Å². The van der Waals surface area contributed by atoms with Crippen LogP contribution in [-0.4, -0.2) is 25.7 Å². The predicted molar refractivity (Wildman–Crippen MR) is 121 cm³/mol. The molecule has 9 heteroatoms. The maximum atomic E-state index is 13.8. The Hall–Kier alpha value is -3.62. The smallest absolute Gasteiger partial charge is 0.247 e. The van der Waals surface area contributed by atoms with E-state index in [1.807, 2.05) is 35.8 Å². The van der Waals surface area contributed by atoms with Crippen LogP contribution in [0.5, 0.6) is 0 Å². The van der Waals surface area contributed by atoms with Gasteiger partial charge in [-0.15, -0.1) is 10.2 Å². The van der Waals surface area contributed by atoms with Crippen LogP contribution in [0.2, 0.25) is 0 Å². The van der Waals surface area contributed by atoms with Crippen molar-refractivity contribution in [3.63, 3.8) is 0 Å². The molecule has 2 heterocycles. The Kier molecular flexibility index (Phi) is 4.75. The van der Waals surface area contributed by atoms with E-state index < -0.39 is 11.6 Å². The predicted octanol–water partition coefficient (Wildman–Crippen LogP) is 5.14. The molecule has 1 N–H and O–H groups in total. The van der Waals surface area contributed by atoms with Gasteiger partial charge >= 0.3 is 0 Å². The van der Waals surface area contributed by atoms with E-state index >= 15 is 0 Å². The van der Waals surface area contributed by atoms with Gasteiger partial charge in [-0.2, -0.15) is 0 Å². The van der Waals surface area contributed by atoms with Crippen LogP contribution in [0, 0.1) is 42.2 Å². The Bertz CT molecular complexity index is 1380. The molecule has 2 saturated carbocycles. The third-order valence-electron chi connectivity index (χ3n) is 7.41. The number of nitrogens with one attached hydrogen (secondary N) is 1. The number of carbonyl (C=O) groups is 1. The summed E-state index contributed by atoms with van der Waals surface area (Å²) < 4.78 is 34.6. The molecule has 34 heavy (non-hydrogen) atoms. The van der Waals surface area contributed by atoms with E-state index in [0.29, 0.717) is 40.6 Å². The van der Waals surface area contributed by atoms with Gasteiger partial charge in [0.05, 0.1) is 17.4 Å². The first-order valence-corrected chi connectivity index (χ1v) is 11.4. The Balaban J connectivity index is 1.08. The molecule has 0 aliphatic heterocycles.